The van der Waals surface area contributed by atoms with Gasteiger partial charge in [0.25, 0.3) is 5.91 Å². The maximum absolute atomic E-state index is 13.9. The highest BCUT2D eigenvalue weighted by atomic mass is 19.4. The molecule has 4 amide bonds. The molecule has 0 spiro atoms. The van der Waals surface area contributed by atoms with Gasteiger partial charge in [0.05, 0.1) is 33.4 Å². The first-order valence-corrected chi connectivity index (χ1v) is 23.9. The van der Waals surface area contributed by atoms with E-state index in [9.17, 15) is 46.3 Å². The van der Waals surface area contributed by atoms with Crippen LogP contribution in [0.25, 0.3) is 38.9 Å². The van der Waals surface area contributed by atoms with Gasteiger partial charge in [-0.25, -0.2) is 23.2 Å². The van der Waals surface area contributed by atoms with Crippen LogP contribution in [0.5, 0.6) is 0 Å². The Morgan fingerprint density at radius 1 is 0.833 bits per heavy atom. The summed E-state index contributed by atoms with van der Waals surface area (Å²) in [5, 5.41) is 9.25. The summed E-state index contributed by atoms with van der Waals surface area (Å²) >= 11 is 0. The number of carbonyl (C=O) groups excluding carboxylic acids is 4. The van der Waals surface area contributed by atoms with Gasteiger partial charge in [-0.3, -0.25) is 33.6 Å². The number of amides is 4. The lowest BCUT2D eigenvalue weighted by Crippen LogP contribution is -2.44. The standard InChI is InChI=1S/C44H47F3N8O4.C8H7FN2O2/c1-26-20-32(44(45,46)47)21-31-22-37(30-8-10-33(11-9-30)54-25-48-51(3)43(54)59)53(40(26)31)24-27-4-6-28(7-5-27)29-16-18-52(19-17-29)34-12-13-35-38(23-34)50(2)42(58)55(35)36-14-15-39(56)49-41(36)57;9-7-2-1-5(11-4-12)3-6(7)8(10)13/h8-13,20-23,25,27-29,36H,4-7,14-19,24H2,1-3H3,(H,49,56,57);1-4H,(H2,10,13)(H,11,12). The molecule has 72 heavy (non-hydrogen) atoms. The summed E-state index contributed by atoms with van der Waals surface area (Å²) in [6.45, 7) is 4.28. The molecule has 16 nitrogen and oxygen atoms in total. The third kappa shape index (κ3) is 9.68. The van der Waals surface area contributed by atoms with E-state index >= 15 is 0 Å². The van der Waals surface area contributed by atoms with E-state index < -0.39 is 35.4 Å². The number of benzene rings is 4. The largest absolute Gasteiger partial charge is 0.416 e. The Morgan fingerprint density at radius 3 is 2.17 bits per heavy atom. The van der Waals surface area contributed by atoms with Gasteiger partial charge in [-0.1, -0.05) is 12.1 Å². The maximum atomic E-state index is 13.9. The van der Waals surface area contributed by atoms with Crippen molar-refractivity contribution in [3.8, 4) is 16.9 Å². The molecule has 2 saturated heterocycles. The molecule has 2 aliphatic heterocycles. The van der Waals surface area contributed by atoms with Gasteiger partial charge in [0.1, 0.15) is 18.2 Å². The summed E-state index contributed by atoms with van der Waals surface area (Å²) in [7, 11) is 3.30. The molecule has 5 heterocycles. The first-order valence-electron chi connectivity index (χ1n) is 23.9. The number of piperidine rings is 2. The van der Waals surface area contributed by atoms with E-state index in [1.807, 2.05) is 48.5 Å². The van der Waals surface area contributed by atoms with Crippen molar-refractivity contribution in [2.24, 2.45) is 37.6 Å². The van der Waals surface area contributed by atoms with Crippen molar-refractivity contribution in [2.75, 3.05) is 23.3 Å². The van der Waals surface area contributed by atoms with E-state index in [1.54, 1.807) is 25.6 Å². The number of nitrogens with two attached hydrogens (primary N) is 1. The second-order valence-electron chi connectivity index (χ2n) is 19.1. The fraction of sp³-hybridized carbons (Fsp3) is 0.365. The smallest absolute Gasteiger partial charge is 0.371 e. The second-order valence-corrected chi connectivity index (χ2v) is 19.1. The summed E-state index contributed by atoms with van der Waals surface area (Å²) in [5.41, 5.74) is 10.0. The molecular weight excluding hydrogens is 937 g/mol. The molecule has 1 unspecified atom stereocenters. The van der Waals surface area contributed by atoms with Crippen LogP contribution in [-0.2, 0) is 41.2 Å². The molecule has 3 fully saturated rings. The van der Waals surface area contributed by atoms with Crippen LogP contribution in [0.3, 0.4) is 0 Å². The fourth-order valence-electron chi connectivity index (χ4n) is 11.0. The number of aromatic nitrogens is 6. The number of alkyl halides is 3. The lowest BCUT2D eigenvalue weighted by molar-refractivity contribution is -0.138. The Morgan fingerprint density at radius 2 is 1.53 bits per heavy atom. The number of aryl methyl sites for hydroxylation is 3. The highest BCUT2D eigenvalue weighted by molar-refractivity contribution is 6.00. The molecule has 4 N–H and O–H groups in total. The molecule has 7 aromatic rings. The summed E-state index contributed by atoms with van der Waals surface area (Å²) in [6.07, 6.45) is 4.38. The van der Waals surface area contributed by atoms with Gasteiger partial charge in [0.2, 0.25) is 18.2 Å². The number of nitrogens with zero attached hydrogens (tertiary/aromatic N) is 7. The topological polar surface area (TPSA) is 193 Å². The highest BCUT2D eigenvalue weighted by Gasteiger charge is 2.35. The number of carbonyl (C=O) groups is 4. The van der Waals surface area contributed by atoms with Crippen molar-refractivity contribution in [1.29, 1.82) is 0 Å². The molecule has 3 aromatic heterocycles. The van der Waals surface area contributed by atoms with Crippen LogP contribution in [0.1, 0.15) is 78.9 Å². The molecule has 0 radical (unpaired) electrons. The minimum Gasteiger partial charge on any atom is -0.371 e. The lowest BCUT2D eigenvalue weighted by atomic mass is 9.72. The predicted octanol–water partition coefficient (Wildman–Crippen LogP) is 7.37. The Balaban J connectivity index is 0.000000430. The number of hydrogen-bond donors (Lipinski definition) is 3. The van der Waals surface area contributed by atoms with Crippen LogP contribution in [0.4, 0.5) is 28.9 Å². The quantitative estimate of drug-likeness (QED) is 0.0719. The minimum atomic E-state index is -4.45. The average molecular weight is 991 g/mol. The number of primary amides is 1. The third-order valence-corrected chi connectivity index (χ3v) is 14.7. The second kappa shape index (κ2) is 19.8. The molecule has 20 heteroatoms. The van der Waals surface area contributed by atoms with E-state index in [-0.39, 0.29) is 29.3 Å². The summed E-state index contributed by atoms with van der Waals surface area (Å²) < 4.78 is 62.6. The summed E-state index contributed by atoms with van der Waals surface area (Å²) in [6, 6.07) is 20.7. The summed E-state index contributed by atoms with van der Waals surface area (Å²) in [4.78, 5) is 73.2. The molecule has 4 aromatic carbocycles. The van der Waals surface area contributed by atoms with Crippen LogP contribution in [-0.4, -0.2) is 65.3 Å². The molecule has 1 atom stereocenters. The van der Waals surface area contributed by atoms with Crippen molar-refractivity contribution in [2.45, 2.75) is 77.1 Å². The number of nitrogens with one attached hydrogen (secondary N) is 2. The van der Waals surface area contributed by atoms with E-state index in [0.29, 0.717) is 65.0 Å². The SMILES string of the molecule is Cc1cc(C(F)(F)F)cc2cc(-c3ccc(-n4cnn(C)c4=O)cc3)n(CC3CCC(C4CCN(c5ccc6c(c5)n(C)c(=O)n6C5CCC(=O)NC5=O)CC4)CC3)c12.NC(=O)c1cc(NC=O)ccc1F. The Hall–Kier alpha value is -7.77. The number of anilines is 2. The first-order chi connectivity index (χ1) is 34.4. The Labute approximate surface area is 410 Å². The monoisotopic (exact) mass is 990 g/mol. The van der Waals surface area contributed by atoms with Crippen LogP contribution in [0, 0.1) is 30.5 Å². The average Bonchev–Trinajstić information content (AvgIpc) is 3.98. The van der Waals surface area contributed by atoms with E-state index in [0.717, 1.165) is 85.7 Å². The minimum absolute atomic E-state index is 0.197. The number of hydrogen-bond acceptors (Lipinski definition) is 8. The number of imide groups is 1. The van der Waals surface area contributed by atoms with Crippen molar-refractivity contribution >= 4 is 57.4 Å². The zero-order valence-corrected chi connectivity index (χ0v) is 39.9. The van der Waals surface area contributed by atoms with Gasteiger partial charge in [0, 0.05) is 62.6 Å². The van der Waals surface area contributed by atoms with Crippen molar-refractivity contribution in [1.82, 2.24) is 33.4 Å². The Kier molecular flexibility index (Phi) is 13.5. The molecule has 10 rings (SSSR count). The lowest BCUT2D eigenvalue weighted by Gasteiger charge is -2.40. The van der Waals surface area contributed by atoms with E-state index in [4.69, 9.17) is 5.73 Å². The van der Waals surface area contributed by atoms with Gasteiger partial charge in [-0.2, -0.15) is 18.3 Å². The van der Waals surface area contributed by atoms with Crippen LogP contribution in [0.15, 0.2) is 94.8 Å². The fourth-order valence-corrected chi connectivity index (χ4v) is 11.0. The zero-order chi connectivity index (χ0) is 51.2. The van der Waals surface area contributed by atoms with E-state index in [1.165, 1.54) is 44.4 Å². The van der Waals surface area contributed by atoms with Gasteiger partial charge in [-0.05, 0) is 147 Å². The Bertz CT molecular complexity index is 3350. The maximum Gasteiger partial charge on any atom is 0.416 e. The normalized spacial score (nSPS) is 18.8. The third-order valence-electron chi connectivity index (χ3n) is 14.7. The number of rotatable bonds is 10. The molecule has 376 valence electrons. The van der Waals surface area contributed by atoms with Gasteiger partial charge >= 0.3 is 17.6 Å². The van der Waals surface area contributed by atoms with E-state index in [2.05, 4.69) is 25.2 Å². The predicted molar refractivity (Wildman–Crippen MR) is 263 cm³/mol. The zero-order valence-electron chi connectivity index (χ0n) is 39.9. The molecule has 1 saturated carbocycles. The molecule has 0 bridgehead atoms. The van der Waals surface area contributed by atoms with Crippen LogP contribution in [0.2, 0.25) is 0 Å². The van der Waals surface area contributed by atoms with Crippen LogP contribution >= 0.6 is 0 Å². The molecule has 3 aliphatic rings. The van der Waals surface area contributed by atoms with Gasteiger partial charge in [0.15, 0.2) is 0 Å². The number of halogens is 4. The first kappa shape index (κ1) is 49.2. The molecular formula is C52H54F4N10O6. The van der Waals surface area contributed by atoms with Crippen LogP contribution < -0.4 is 32.6 Å². The van der Waals surface area contributed by atoms with Crippen molar-refractivity contribution in [3.63, 3.8) is 0 Å². The van der Waals surface area contributed by atoms with Crippen molar-refractivity contribution in [3.05, 3.63) is 129 Å². The van der Waals surface area contributed by atoms with Gasteiger partial charge in [-0.15, -0.1) is 0 Å². The number of imidazole rings is 1. The highest BCUT2D eigenvalue weighted by Crippen LogP contribution is 2.42. The molecule has 1 aliphatic carbocycles. The number of fused-ring (bicyclic) bond motifs is 2. The van der Waals surface area contributed by atoms with Gasteiger partial charge < -0.3 is 20.5 Å². The summed E-state index contributed by atoms with van der Waals surface area (Å²) in [5.74, 6) is -0.743. The van der Waals surface area contributed by atoms with Crippen molar-refractivity contribution < 1.29 is 36.7 Å².